The van der Waals surface area contributed by atoms with E-state index in [1.165, 1.54) is 12.1 Å². The summed E-state index contributed by atoms with van der Waals surface area (Å²) in [5.41, 5.74) is 0.869. The molecule has 1 aromatic rings. The molecule has 1 amide bonds. The molecule has 0 radical (unpaired) electrons. The first kappa shape index (κ1) is 24.7. The minimum atomic E-state index is -5.00. The van der Waals surface area contributed by atoms with E-state index in [4.69, 9.17) is 4.18 Å². The monoisotopic (exact) mass is 449 g/mol. The highest BCUT2D eigenvalue weighted by molar-refractivity contribution is 7.86. The zero-order valence-corrected chi connectivity index (χ0v) is 18.3. The molecule has 0 spiro atoms. The fraction of sp³-hybridized carbons (Fsp3) is 0.667. The maximum absolute atomic E-state index is 13.2. The Kier molecular flexibility index (Phi) is 8.73. The number of benzene rings is 1. The number of unbranched alkanes of at least 4 members (excludes halogenated alkanes) is 4. The minimum Gasteiger partial charge on any atom is -0.327 e. The zero-order valence-electron chi connectivity index (χ0n) is 17.5. The van der Waals surface area contributed by atoms with E-state index in [0.717, 1.165) is 42.6 Å². The topological polar surface area (TPSA) is 63.7 Å². The second-order valence-electron chi connectivity index (χ2n) is 7.85. The maximum atomic E-state index is 13.2. The van der Waals surface area contributed by atoms with Crippen LogP contribution >= 0.6 is 0 Å². The maximum Gasteiger partial charge on any atom is 0.471 e. The van der Waals surface area contributed by atoms with Crippen molar-refractivity contribution < 1.29 is 30.6 Å². The molecule has 1 aliphatic heterocycles. The van der Waals surface area contributed by atoms with Crippen LogP contribution in [0.1, 0.15) is 63.9 Å². The van der Waals surface area contributed by atoms with Gasteiger partial charge in [0.25, 0.3) is 10.1 Å². The standard InChI is InChI=1S/C21H30F3NO4S/c1-3-4-5-6-7-8-17-11-12-18(25(17)20(26)21(22,23)24)15-29-30(27,28)19-13-9-16(2)10-14-19/h9-10,13-14,17-18H,3-8,11-12,15H2,1-2H3/t17-,18+/m1/s1. The molecule has 2 atom stereocenters. The summed E-state index contributed by atoms with van der Waals surface area (Å²) in [6, 6.07) is 4.53. The number of halogens is 3. The number of carbonyl (C=O) groups excluding carboxylic acids is 1. The number of rotatable bonds is 10. The normalized spacial score (nSPS) is 20.0. The van der Waals surface area contributed by atoms with Crippen LogP contribution in [-0.4, -0.2) is 44.1 Å². The molecule has 1 heterocycles. The fourth-order valence-electron chi connectivity index (χ4n) is 3.81. The van der Waals surface area contributed by atoms with Gasteiger partial charge in [-0.25, -0.2) is 0 Å². The third-order valence-electron chi connectivity index (χ3n) is 5.46. The van der Waals surface area contributed by atoms with Crippen LogP contribution in [0.2, 0.25) is 0 Å². The molecule has 170 valence electrons. The van der Waals surface area contributed by atoms with Crippen molar-refractivity contribution in [3.05, 3.63) is 29.8 Å². The molecule has 0 unspecified atom stereocenters. The SMILES string of the molecule is CCCCCCC[C@@H]1CC[C@@H](COS(=O)(=O)c2ccc(C)cc2)N1C(=O)C(F)(F)F. The Labute approximate surface area is 176 Å². The van der Waals surface area contributed by atoms with Crippen molar-refractivity contribution in [1.29, 1.82) is 0 Å². The fourth-order valence-corrected chi connectivity index (χ4v) is 4.75. The summed E-state index contributed by atoms with van der Waals surface area (Å²) in [5.74, 6) is -1.92. The van der Waals surface area contributed by atoms with Crippen molar-refractivity contribution in [2.75, 3.05) is 6.61 Å². The number of alkyl halides is 3. The van der Waals surface area contributed by atoms with Gasteiger partial charge >= 0.3 is 12.1 Å². The van der Waals surface area contributed by atoms with E-state index < -0.39 is 40.9 Å². The number of hydrogen-bond acceptors (Lipinski definition) is 4. The molecule has 1 fully saturated rings. The molecule has 0 bridgehead atoms. The van der Waals surface area contributed by atoms with Gasteiger partial charge in [0.15, 0.2) is 0 Å². The highest BCUT2D eigenvalue weighted by Gasteiger charge is 2.49. The molecular weight excluding hydrogens is 419 g/mol. The third-order valence-corrected chi connectivity index (χ3v) is 6.76. The first-order chi connectivity index (χ1) is 14.1. The van der Waals surface area contributed by atoms with Crippen molar-refractivity contribution in [3.8, 4) is 0 Å². The van der Waals surface area contributed by atoms with Gasteiger partial charge in [0.2, 0.25) is 0 Å². The molecule has 1 saturated heterocycles. The van der Waals surface area contributed by atoms with Gasteiger partial charge < -0.3 is 4.90 Å². The van der Waals surface area contributed by atoms with Crippen molar-refractivity contribution in [2.24, 2.45) is 0 Å². The lowest BCUT2D eigenvalue weighted by atomic mass is 10.0. The lowest BCUT2D eigenvalue weighted by molar-refractivity contribution is -0.189. The number of amides is 1. The number of hydrogen-bond donors (Lipinski definition) is 0. The Hall–Kier alpha value is -1.61. The summed E-state index contributed by atoms with van der Waals surface area (Å²) >= 11 is 0. The van der Waals surface area contributed by atoms with E-state index in [1.54, 1.807) is 19.1 Å². The molecule has 0 N–H and O–H groups in total. The molecule has 0 aliphatic carbocycles. The Morgan fingerprint density at radius 2 is 1.67 bits per heavy atom. The van der Waals surface area contributed by atoms with E-state index in [9.17, 15) is 26.4 Å². The number of likely N-dealkylation sites (tertiary alicyclic amines) is 1. The number of nitrogens with zero attached hydrogens (tertiary/aromatic N) is 1. The van der Waals surface area contributed by atoms with Crippen molar-refractivity contribution in [3.63, 3.8) is 0 Å². The van der Waals surface area contributed by atoms with Gasteiger partial charge in [0, 0.05) is 6.04 Å². The Morgan fingerprint density at radius 3 is 2.27 bits per heavy atom. The van der Waals surface area contributed by atoms with E-state index in [1.807, 2.05) is 0 Å². The second kappa shape index (κ2) is 10.6. The van der Waals surface area contributed by atoms with Crippen molar-refractivity contribution >= 4 is 16.0 Å². The van der Waals surface area contributed by atoms with Crippen LogP contribution in [0.3, 0.4) is 0 Å². The Morgan fingerprint density at radius 1 is 1.07 bits per heavy atom. The van der Waals surface area contributed by atoms with Crippen LogP contribution in [0.5, 0.6) is 0 Å². The third kappa shape index (κ3) is 6.70. The van der Waals surface area contributed by atoms with Gasteiger partial charge in [-0.1, -0.05) is 56.7 Å². The molecule has 9 heteroatoms. The summed E-state index contributed by atoms with van der Waals surface area (Å²) in [7, 11) is -4.11. The number of aryl methyl sites for hydroxylation is 1. The summed E-state index contributed by atoms with van der Waals surface area (Å²) in [6.07, 6.45) is 0.964. The van der Waals surface area contributed by atoms with Gasteiger partial charge in [-0.15, -0.1) is 0 Å². The van der Waals surface area contributed by atoms with E-state index in [2.05, 4.69) is 6.92 Å². The van der Waals surface area contributed by atoms with Gasteiger partial charge in [-0.2, -0.15) is 21.6 Å². The van der Waals surface area contributed by atoms with Crippen LogP contribution in [0.15, 0.2) is 29.2 Å². The van der Waals surface area contributed by atoms with Crippen LogP contribution in [0.4, 0.5) is 13.2 Å². The summed E-state index contributed by atoms with van der Waals surface area (Å²) in [6.45, 7) is 3.40. The Balaban J connectivity index is 2.05. The van der Waals surface area contributed by atoms with Crippen LogP contribution in [0, 0.1) is 6.92 Å². The summed E-state index contributed by atoms with van der Waals surface area (Å²) in [5, 5.41) is 0. The largest absolute Gasteiger partial charge is 0.471 e. The quantitative estimate of drug-likeness (QED) is 0.373. The minimum absolute atomic E-state index is 0.0627. The van der Waals surface area contributed by atoms with Crippen LogP contribution in [-0.2, 0) is 19.1 Å². The summed E-state index contributed by atoms with van der Waals surface area (Å²) < 4.78 is 69.3. The van der Waals surface area contributed by atoms with Crippen molar-refractivity contribution in [1.82, 2.24) is 4.90 Å². The molecule has 5 nitrogen and oxygen atoms in total. The van der Waals surface area contributed by atoms with E-state index in [-0.39, 0.29) is 11.3 Å². The lowest BCUT2D eigenvalue weighted by Crippen LogP contribution is -2.49. The molecule has 0 aromatic heterocycles. The molecule has 2 rings (SSSR count). The first-order valence-electron chi connectivity index (χ1n) is 10.4. The molecular formula is C21H30F3NO4S. The van der Waals surface area contributed by atoms with Gasteiger partial charge in [0.05, 0.1) is 17.5 Å². The first-order valence-corrected chi connectivity index (χ1v) is 11.8. The van der Waals surface area contributed by atoms with E-state index in [0.29, 0.717) is 12.8 Å². The number of carbonyl (C=O) groups is 1. The van der Waals surface area contributed by atoms with Gasteiger partial charge in [-0.05, 0) is 38.3 Å². The van der Waals surface area contributed by atoms with Gasteiger partial charge in [0.1, 0.15) is 0 Å². The Bertz CT molecular complexity index is 793. The predicted octanol–water partition coefficient (Wildman–Crippen LogP) is 4.98. The zero-order chi connectivity index (χ0) is 22.4. The lowest BCUT2D eigenvalue weighted by Gasteiger charge is -2.31. The van der Waals surface area contributed by atoms with Crippen LogP contribution < -0.4 is 0 Å². The molecule has 1 aliphatic rings. The highest BCUT2D eigenvalue weighted by Crippen LogP contribution is 2.33. The predicted molar refractivity (Wildman–Crippen MR) is 107 cm³/mol. The van der Waals surface area contributed by atoms with E-state index >= 15 is 0 Å². The highest BCUT2D eigenvalue weighted by atomic mass is 32.2. The molecule has 1 aromatic carbocycles. The second-order valence-corrected chi connectivity index (χ2v) is 9.47. The average molecular weight is 450 g/mol. The van der Waals surface area contributed by atoms with Crippen molar-refractivity contribution in [2.45, 2.75) is 88.4 Å². The average Bonchev–Trinajstić information content (AvgIpc) is 3.08. The molecule has 0 saturated carbocycles. The van der Waals surface area contributed by atoms with Crippen LogP contribution in [0.25, 0.3) is 0 Å². The van der Waals surface area contributed by atoms with Gasteiger partial charge in [-0.3, -0.25) is 8.98 Å². The molecule has 30 heavy (non-hydrogen) atoms. The summed E-state index contributed by atoms with van der Waals surface area (Å²) in [4.78, 5) is 12.8. The smallest absolute Gasteiger partial charge is 0.327 e.